The molecule has 0 saturated heterocycles. The molecule has 3 aromatic carbocycles. The van der Waals surface area contributed by atoms with E-state index in [1.165, 1.54) is 47.7 Å². The Morgan fingerprint density at radius 1 is 0.935 bits per heavy atom. The molecular weight excluding hydrogens is 480 g/mol. The van der Waals surface area contributed by atoms with Crippen LogP contribution in [0.15, 0.2) is 88.2 Å². The van der Waals surface area contributed by atoms with Crippen LogP contribution in [0.3, 0.4) is 0 Å². The summed E-state index contributed by atoms with van der Waals surface area (Å²) in [6, 6.07) is 18.8. The molecule has 31 heavy (non-hydrogen) atoms. The topological polar surface area (TPSA) is 63.5 Å². The van der Waals surface area contributed by atoms with Crippen LogP contribution in [0, 0.1) is 5.82 Å². The highest BCUT2D eigenvalue weighted by molar-refractivity contribution is 7.89. The summed E-state index contributed by atoms with van der Waals surface area (Å²) in [7, 11) is -3.92. The van der Waals surface area contributed by atoms with Crippen LogP contribution in [-0.2, 0) is 10.0 Å². The van der Waals surface area contributed by atoms with Gasteiger partial charge in [-0.3, -0.25) is 4.57 Å². The molecule has 0 aliphatic heterocycles. The van der Waals surface area contributed by atoms with Crippen molar-refractivity contribution in [1.29, 1.82) is 0 Å². The largest absolute Gasteiger partial charge is 0.284 e. The minimum Gasteiger partial charge on any atom is -0.284 e. The lowest BCUT2D eigenvalue weighted by Gasteiger charge is -2.10. The molecule has 5 nitrogen and oxygen atoms in total. The fourth-order valence-corrected chi connectivity index (χ4v) is 4.82. The van der Waals surface area contributed by atoms with Crippen LogP contribution >= 0.6 is 34.5 Å². The van der Waals surface area contributed by atoms with Crippen molar-refractivity contribution in [2.75, 3.05) is 0 Å². The minimum atomic E-state index is -3.92. The van der Waals surface area contributed by atoms with E-state index < -0.39 is 15.8 Å². The van der Waals surface area contributed by atoms with E-state index in [0.29, 0.717) is 26.2 Å². The number of rotatable bonds is 5. The van der Waals surface area contributed by atoms with Gasteiger partial charge in [-0.25, -0.2) is 4.39 Å². The monoisotopic (exact) mass is 493 g/mol. The maximum absolute atomic E-state index is 13.9. The standard InChI is InChI=1S/C21H14Cl2FN3O2S2/c22-15-6-4-14(5-7-15)20-13-30-21(27(20)18-3-1-2-17(24)12-18)25-26-31(28,29)19-10-8-16(23)9-11-19/h1-13,26H. The predicted octanol–water partition coefficient (Wildman–Crippen LogP) is 5.45. The maximum Gasteiger partial charge on any atom is 0.276 e. The van der Waals surface area contributed by atoms with Crippen molar-refractivity contribution in [3.05, 3.63) is 98.8 Å². The zero-order valence-corrected chi connectivity index (χ0v) is 18.8. The Labute approximate surface area is 192 Å². The first kappa shape index (κ1) is 21.6. The van der Waals surface area contributed by atoms with Crippen molar-refractivity contribution in [1.82, 2.24) is 9.40 Å². The lowest BCUT2D eigenvalue weighted by molar-refractivity contribution is 0.582. The summed E-state index contributed by atoms with van der Waals surface area (Å²) in [6.45, 7) is 0. The molecule has 1 aromatic heterocycles. The summed E-state index contributed by atoms with van der Waals surface area (Å²) < 4.78 is 40.8. The summed E-state index contributed by atoms with van der Waals surface area (Å²) in [4.78, 5) is 2.57. The van der Waals surface area contributed by atoms with Gasteiger partial charge in [-0.15, -0.1) is 16.4 Å². The normalized spacial score (nSPS) is 12.2. The summed E-state index contributed by atoms with van der Waals surface area (Å²) in [5, 5.41) is 6.92. The van der Waals surface area contributed by atoms with Crippen LogP contribution < -0.4 is 9.63 Å². The molecule has 0 unspecified atom stereocenters. The van der Waals surface area contributed by atoms with Crippen LogP contribution in [0.2, 0.25) is 10.0 Å². The van der Waals surface area contributed by atoms with Crippen LogP contribution in [0.5, 0.6) is 0 Å². The second kappa shape index (κ2) is 8.84. The van der Waals surface area contributed by atoms with Gasteiger partial charge in [0.2, 0.25) is 4.80 Å². The van der Waals surface area contributed by atoms with E-state index in [1.807, 2.05) is 17.5 Å². The third-order valence-electron chi connectivity index (χ3n) is 4.30. The lowest BCUT2D eigenvalue weighted by Crippen LogP contribution is -2.24. The van der Waals surface area contributed by atoms with Gasteiger partial charge >= 0.3 is 0 Å². The average molecular weight is 494 g/mol. The molecule has 0 amide bonds. The summed E-state index contributed by atoms with van der Waals surface area (Å²) in [5.74, 6) is -0.425. The van der Waals surface area contributed by atoms with E-state index in [4.69, 9.17) is 23.2 Å². The fraction of sp³-hybridized carbons (Fsp3) is 0. The van der Waals surface area contributed by atoms with Crippen LogP contribution in [-0.4, -0.2) is 13.0 Å². The van der Waals surface area contributed by atoms with E-state index in [2.05, 4.69) is 9.93 Å². The summed E-state index contributed by atoms with van der Waals surface area (Å²) in [6.07, 6.45) is 0. The third-order valence-corrected chi connectivity index (χ3v) is 6.85. The van der Waals surface area contributed by atoms with Crippen LogP contribution in [0.25, 0.3) is 16.9 Å². The minimum absolute atomic E-state index is 0.0208. The molecule has 0 radical (unpaired) electrons. The number of thiazole rings is 1. The molecule has 1 heterocycles. The van der Waals surface area contributed by atoms with Crippen molar-refractivity contribution in [2.24, 2.45) is 5.10 Å². The second-order valence-corrected chi connectivity index (χ2v) is 9.76. The second-order valence-electron chi connectivity index (χ2n) is 6.39. The number of nitrogens with zero attached hydrogens (tertiary/aromatic N) is 2. The highest BCUT2D eigenvalue weighted by Gasteiger charge is 2.15. The van der Waals surface area contributed by atoms with Gasteiger partial charge in [0.15, 0.2) is 0 Å². The molecule has 0 saturated carbocycles. The fourth-order valence-electron chi connectivity index (χ4n) is 2.84. The van der Waals surface area contributed by atoms with E-state index in [-0.39, 0.29) is 4.90 Å². The van der Waals surface area contributed by atoms with Gasteiger partial charge in [0.1, 0.15) is 5.82 Å². The van der Waals surface area contributed by atoms with Crippen LogP contribution in [0.4, 0.5) is 4.39 Å². The third kappa shape index (κ3) is 4.83. The van der Waals surface area contributed by atoms with E-state index in [1.54, 1.807) is 28.8 Å². The number of aromatic nitrogens is 1. The number of hydrogen-bond acceptors (Lipinski definition) is 4. The average Bonchev–Trinajstić information content (AvgIpc) is 3.17. The molecule has 4 aromatic rings. The molecule has 4 rings (SSSR count). The van der Waals surface area contributed by atoms with Gasteiger partial charge in [-0.2, -0.15) is 13.2 Å². The Kier molecular flexibility index (Phi) is 6.15. The van der Waals surface area contributed by atoms with Gasteiger partial charge in [0.05, 0.1) is 16.3 Å². The van der Waals surface area contributed by atoms with E-state index in [0.717, 1.165) is 5.56 Å². The van der Waals surface area contributed by atoms with Gasteiger partial charge in [-0.1, -0.05) is 41.4 Å². The zero-order valence-electron chi connectivity index (χ0n) is 15.7. The van der Waals surface area contributed by atoms with E-state index in [9.17, 15) is 12.8 Å². The molecule has 1 N–H and O–H groups in total. The highest BCUT2D eigenvalue weighted by Crippen LogP contribution is 2.25. The van der Waals surface area contributed by atoms with Crippen molar-refractivity contribution in [3.63, 3.8) is 0 Å². The molecule has 0 bridgehead atoms. The first-order chi connectivity index (χ1) is 14.8. The molecular formula is C21H14Cl2FN3O2S2. The van der Waals surface area contributed by atoms with Gasteiger partial charge in [-0.05, 0) is 60.2 Å². The maximum atomic E-state index is 13.9. The number of benzene rings is 3. The summed E-state index contributed by atoms with van der Waals surface area (Å²) in [5.41, 5.74) is 2.01. The lowest BCUT2D eigenvalue weighted by atomic mass is 10.1. The Morgan fingerprint density at radius 3 is 2.23 bits per heavy atom. The first-order valence-corrected chi connectivity index (χ1v) is 12.0. The predicted molar refractivity (Wildman–Crippen MR) is 121 cm³/mol. The Hall–Kier alpha value is -2.65. The summed E-state index contributed by atoms with van der Waals surface area (Å²) >= 11 is 13.0. The SMILES string of the molecule is O=S(=O)(NN=c1scc(-c2ccc(Cl)cc2)n1-c1cccc(F)c1)c1ccc(Cl)cc1. The Morgan fingerprint density at radius 2 is 1.58 bits per heavy atom. The molecule has 0 atom stereocenters. The van der Waals surface area contributed by atoms with Gasteiger partial charge in [0.25, 0.3) is 10.0 Å². The molecule has 158 valence electrons. The molecule has 0 fully saturated rings. The van der Waals surface area contributed by atoms with Crippen molar-refractivity contribution >= 4 is 44.6 Å². The zero-order chi connectivity index (χ0) is 22.0. The quantitative estimate of drug-likeness (QED) is 0.376. The number of halogens is 3. The van der Waals surface area contributed by atoms with Crippen LogP contribution in [0.1, 0.15) is 0 Å². The molecule has 0 spiro atoms. The van der Waals surface area contributed by atoms with Crippen molar-refractivity contribution in [3.8, 4) is 16.9 Å². The molecule has 0 aliphatic rings. The number of hydrogen-bond donors (Lipinski definition) is 1. The Balaban J connectivity index is 1.82. The highest BCUT2D eigenvalue weighted by atomic mass is 35.5. The molecule has 0 aliphatic carbocycles. The van der Waals surface area contributed by atoms with Crippen molar-refractivity contribution < 1.29 is 12.8 Å². The number of sulfonamides is 1. The van der Waals surface area contributed by atoms with Gasteiger partial charge in [0, 0.05) is 15.4 Å². The smallest absolute Gasteiger partial charge is 0.276 e. The molecule has 10 heteroatoms. The van der Waals surface area contributed by atoms with Crippen molar-refractivity contribution in [2.45, 2.75) is 4.90 Å². The first-order valence-electron chi connectivity index (χ1n) is 8.87. The number of nitrogens with one attached hydrogen (secondary N) is 1. The Bertz CT molecular complexity index is 1400. The van der Waals surface area contributed by atoms with E-state index >= 15 is 0 Å². The van der Waals surface area contributed by atoms with Gasteiger partial charge < -0.3 is 0 Å².